The topological polar surface area (TPSA) is 128 Å². The molecule has 29 heavy (non-hydrogen) atoms. The summed E-state index contributed by atoms with van der Waals surface area (Å²) in [6, 6.07) is -2.89. The van der Waals surface area contributed by atoms with E-state index in [0.29, 0.717) is 32.2 Å². The van der Waals surface area contributed by atoms with Gasteiger partial charge in [-0.25, -0.2) is 4.79 Å². The Morgan fingerprint density at radius 1 is 1.14 bits per heavy atom. The van der Waals surface area contributed by atoms with Crippen molar-refractivity contribution < 1.29 is 24.3 Å². The fourth-order valence-corrected chi connectivity index (χ4v) is 4.08. The van der Waals surface area contributed by atoms with E-state index in [1.165, 1.54) is 4.90 Å². The zero-order valence-electron chi connectivity index (χ0n) is 17.0. The van der Waals surface area contributed by atoms with Crippen LogP contribution in [0.1, 0.15) is 46.0 Å². The van der Waals surface area contributed by atoms with Crippen LogP contribution in [-0.4, -0.2) is 76.7 Å². The lowest BCUT2D eigenvalue weighted by Crippen LogP contribution is -2.57. The summed E-state index contributed by atoms with van der Waals surface area (Å²) in [6.07, 6.45) is 3.03. The second-order valence-electron chi connectivity index (χ2n) is 8.11. The third-order valence-corrected chi connectivity index (χ3v) is 5.70. The Morgan fingerprint density at radius 2 is 1.86 bits per heavy atom. The van der Waals surface area contributed by atoms with Gasteiger partial charge in [-0.1, -0.05) is 13.8 Å². The molecule has 0 aromatic heterocycles. The van der Waals surface area contributed by atoms with Crippen molar-refractivity contribution in [1.29, 1.82) is 0 Å². The van der Waals surface area contributed by atoms with Gasteiger partial charge >= 0.3 is 5.97 Å². The zero-order valence-corrected chi connectivity index (χ0v) is 17.9. The number of hydrogen-bond acceptors (Lipinski definition) is 6. The molecule has 9 nitrogen and oxygen atoms in total. The Balaban J connectivity index is 2.04. The van der Waals surface area contributed by atoms with Gasteiger partial charge in [0.2, 0.25) is 17.7 Å². The van der Waals surface area contributed by atoms with Crippen LogP contribution in [0.4, 0.5) is 0 Å². The second-order valence-corrected chi connectivity index (χ2v) is 8.48. The van der Waals surface area contributed by atoms with E-state index in [4.69, 9.17) is 0 Å². The number of carbonyl (C=O) groups is 4. The third kappa shape index (κ3) is 6.33. The molecule has 3 amide bonds. The van der Waals surface area contributed by atoms with E-state index in [1.54, 1.807) is 0 Å². The first-order chi connectivity index (χ1) is 13.7. The fraction of sp³-hybridized carbons (Fsp3) is 0.789. The lowest BCUT2D eigenvalue weighted by atomic mass is 10.0. The highest BCUT2D eigenvalue weighted by Crippen LogP contribution is 2.20. The van der Waals surface area contributed by atoms with Gasteiger partial charge in [0.15, 0.2) is 0 Å². The largest absolute Gasteiger partial charge is 0.480 e. The average molecular weight is 429 g/mol. The first-order valence-electron chi connectivity index (χ1n) is 10.2. The van der Waals surface area contributed by atoms with Gasteiger partial charge in [-0.05, 0) is 44.6 Å². The second kappa shape index (κ2) is 10.8. The van der Waals surface area contributed by atoms with Gasteiger partial charge in [-0.15, -0.1) is 0 Å². The maximum Gasteiger partial charge on any atom is 0.326 e. The third-order valence-electron chi connectivity index (χ3n) is 5.33. The number of nitrogens with one attached hydrogen (secondary N) is 3. The molecule has 0 aliphatic carbocycles. The van der Waals surface area contributed by atoms with E-state index in [-0.39, 0.29) is 23.6 Å². The van der Waals surface area contributed by atoms with Crippen LogP contribution < -0.4 is 16.0 Å². The van der Waals surface area contributed by atoms with E-state index < -0.39 is 35.9 Å². The van der Waals surface area contributed by atoms with Crippen LogP contribution in [0.5, 0.6) is 0 Å². The molecule has 164 valence electrons. The Morgan fingerprint density at radius 3 is 2.41 bits per heavy atom. The first kappa shape index (κ1) is 23.5. The molecule has 0 bridgehead atoms. The van der Waals surface area contributed by atoms with Crippen molar-refractivity contribution in [1.82, 2.24) is 20.9 Å². The van der Waals surface area contributed by atoms with Gasteiger partial charge in [0, 0.05) is 12.3 Å². The summed E-state index contributed by atoms with van der Waals surface area (Å²) in [5.41, 5.74) is 0. The molecule has 10 heteroatoms. The van der Waals surface area contributed by atoms with Crippen LogP contribution >= 0.6 is 12.6 Å². The van der Waals surface area contributed by atoms with Crippen molar-refractivity contribution in [2.75, 3.05) is 18.8 Å². The summed E-state index contributed by atoms with van der Waals surface area (Å²) in [5, 5.41) is 17.9. The minimum Gasteiger partial charge on any atom is -0.480 e. The van der Waals surface area contributed by atoms with Crippen molar-refractivity contribution in [2.45, 2.75) is 70.1 Å². The lowest BCUT2D eigenvalue weighted by Gasteiger charge is -2.29. The maximum absolute atomic E-state index is 13.0. The number of carbonyl (C=O) groups excluding carboxylic acids is 3. The summed E-state index contributed by atoms with van der Waals surface area (Å²) in [4.78, 5) is 50.9. The number of rotatable bonds is 9. The smallest absolute Gasteiger partial charge is 0.326 e. The summed E-state index contributed by atoms with van der Waals surface area (Å²) in [5.74, 6) is -1.96. The molecule has 0 aromatic carbocycles. The monoisotopic (exact) mass is 428 g/mol. The highest BCUT2D eigenvalue weighted by molar-refractivity contribution is 7.80. The molecule has 0 saturated carbocycles. The van der Waals surface area contributed by atoms with E-state index in [9.17, 15) is 24.3 Å². The Labute approximate surface area is 176 Å². The van der Waals surface area contributed by atoms with Gasteiger partial charge in [0.25, 0.3) is 0 Å². The minimum atomic E-state index is -1.03. The van der Waals surface area contributed by atoms with Gasteiger partial charge in [0.05, 0.1) is 6.04 Å². The average Bonchev–Trinajstić information content (AvgIpc) is 3.35. The number of thiol groups is 1. The van der Waals surface area contributed by atoms with Gasteiger partial charge in [-0.3, -0.25) is 14.4 Å². The van der Waals surface area contributed by atoms with Crippen LogP contribution in [0.25, 0.3) is 0 Å². The van der Waals surface area contributed by atoms with Gasteiger partial charge in [0.1, 0.15) is 18.1 Å². The normalized spacial score (nSPS) is 23.7. The summed E-state index contributed by atoms with van der Waals surface area (Å²) in [7, 11) is 0. The molecule has 2 aliphatic rings. The predicted molar refractivity (Wildman–Crippen MR) is 111 cm³/mol. The van der Waals surface area contributed by atoms with Crippen molar-refractivity contribution in [3.63, 3.8) is 0 Å². The molecule has 2 saturated heterocycles. The molecule has 2 fully saturated rings. The number of amides is 3. The molecule has 0 radical (unpaired) electrons. The number of aliphatic carboxylic acids is 1. The molecule has 2 aliphatic heterocycles. The molecule has 4 N–H and O–H groups in total. The molecule has 2 rings (SSSR count). The number of hydrogen-bond donors (Lipinski definition) is 5. The van der Waals surface area contributed by atoms with Crippen LogP contribution in [-0.2, 0) is 19.2 Å². The van der Waals surface area contributed by atoms with Crippen molar-refractivity contribution in [3.05, 3.63) is 0 Å². The van der Waals surface area contributed by atoms with E-state index >= 15 is 0 Å². The van der Waals surface area contributed by atoms with Crippen LogP contribution in [0, 0.1) is 5.92 Å². The van der Waals surface area contributed by atoms with Crippen LogP contribution in [0.2, 0.25) is 0 Å². The molecule has 4 atom stereocenters. The van der Waals surface area contributed by atoms with Crippen molar-refractivity contribution >= 4 is 36.3 Å². The van der Waals surface area contributed by atoms with Crippen molar-refractivity contribution in [2.24, 2.45) is 5.92 Å². The van der Waals surface area contributed by atoms with E-state index in [2.05, 4.69) is 28.6 Å². The summed E-state index contributed by atoms with van der Waals surface area (Å²) in [6.45, 7) is 4.98. The van der Waals surface area contributed by atoms with Crippen molar-refractivity contribution in [3.8, 4) is 0 Å². The Hall–Kier alpha value is -1.81. The lowest BCUT2D eigenvalue weighted by molar-refractivity contribution is -0.149. The Bertz CT molecular complexity index is 624. The molecule has 2 heterocycles. The van der Waals surface area contributed by atoms with Crippen LogP contribution in [0.3, 0.4) is 0 Å². The Kier molecular flexibility index (Phi) is 8.76. The highest BCUT2D eigenvalue weighted by Gasteiger charge is 2.38. The van der Waals surface area contributed by atoms with Gasteiger partial charge < -0.3 is 26.0 Å². The molecular formula is C19H32N4O5S. The summed E-state index contributed by atoms with van der Waals surface area (Å²) >= 11 is 4.18. The summed E-state index contributed by atoms with van der Waals surface area (Å²) < 4.78 is 0. The molecule has 0 aromatic rings. The van der Waals surface area contributed by atoms with Gasteiger partial charge in [-0.2, -0.15) is 12.6 Å². The predicted octanol–water partition coefficient (Wildman–Crippen LogP) is -0.240. The van der Waals surface area contributed by atoms with E-state index in [0.717, 1.165) is 13.0 Å². The van der Waals surface area contributed by atoms with Crippen LogP contribution in [0.15, 0.2) is 0 Å². The quantitative estimate of drug-likeness (QED) is 0.323. The first-order valence-corrected chi connectivity index (χ1v) is 10.9. The molecule has 4 unspecified atom stereocenters. The number of nitrogens with zero attached hydrogens (tertiary/aromatic N) is 1. The minimum absolute atomic E-state index is 0.0916. The number of likely N-dealkylation sites (tertiary alicyclic amines) is 1. The highest BCUT2D eigenvalue weighted by atomic mass is 32.1. The molecule has 0 spiro atoms. The standard InChI is InChI=1S/C19H32N4O5S/c1-11(2)9-13(18(26)23-8-4-6-15(23)19(27)28)21-17(25)14(10-29)22-16(24)12-5-3-7-20-12/h11-15,20,29H,3-10H2,1-2H3,(H,21,25)(H,22,24)(H,27,28). The molecular weight excluding hydrogens is 396 g/mol. The zero-order chi connectivity index (χ0) is 21.6. The number of carboxylic acid groups (broad SMARTS) is 1. The number of carboxylic acids is 1. The van der Waals surface area contributed by atoms with E-state index in [1.807, 2.05) is 13.8 Å². The maximum atomic E-state index is 13.0. The SMILES string of the molecule is CC(C)CC(NC(=O)C(CS)NC(=O)C1CCCN1)C(=O)N1CCCC1C(=O)O. The fourth-order valence-electron chi connectivity index (χ4n) is 3.83.